The van der Waals surface area contributed by atoms with E-state index in [0.717, 1.165) is 0 Å². The number of nitrogens with one attached hydrogen (secondary N) is 1. The van der Waals surface area contributed by atoms with Gasteiger partial charge in [0.2, 0.25) is 0 Å². The van der Waals surface area contributed by atoms with Crippen LogP contribution in [0.15, 0.2) is 30.3 Å². The smallest absolute Gasteiger partial charge is 0.412 e. The van der Waals surface area contributed by atoms with Gasteiger partial charge in [-0.15, -0.1) is 0 Å². The largest absolute Gasteiger partial charge is 0.463 e. The van der Waals surface area contributed by atoms with E-state index in [0.29, 0.717) is 23.8 Å². The van der Waals surface area contributed by atoms with Crippen LogP contribution in [0.25, 0.3) is 0 Å². The molecule has 0 aliphatic carbocycles. The van der Waals surface area contributed by atoms with Gasteiger partial charge in [0.15, 0.2) is 0 Å². The molecule has 1 aromatic carbocycles. The van der Waals surface area contributed by atoms with Crippen molar-refractivity contribution in [3.63, 3.8) is 0 Å². The van der Waals surface area contributed by atoms with Crippen LogP contribution in [0.5, 0.6) is 5.75 Å². The number of hydrogen-bond acceptors (Lipinski definition) is 7. The Labute approximate surface area is 145 Å². The van der Waals surface area contributed by atoms with E-state index >= 15 is 0 Å². The monoisotopic (exact) mass is 357 g/mol. The maximum Gasteiger partial charge on any atom is 0.412 e. The summed E-state index contributed by atoms with van der Waals surface area (Å²) in [5.74, 6) is 1.28. The van der Waals surface area contributed by atoms with E-state index in [9.17, 15) is 9.59 Å². The van der Waals surface area contributed by atoms with Crippen LogP contribution < -0.4 is 10.1 Å². The summed E-state index contributed by atoms with van der Waals surface area (Å²) in [7, 11) is 1.39. The third-order valence-electron chi connectivity index (χ3n) is 2.77. The van der Waals surface area contributed by atoms with Gasteiger partial charge in [0.05, 0.1) is 13.0 Å². The number of hydrogen-bond donors (Lipinski definition) is 1. The van der Waals surface area contributed by atoms with E-state index in [1.54, 1.807) is 43.0 Å². The van der Waals surface area contributed by atoms with Gasteiger partial charge in [0.25, 0.3) is 0 Å². The normalized spacial score (nSPS) is 11.6. The fourth-order valence-electron chi connectivity index (χ4n) is 1.59. The summed E-state index contributed by atoms with van der Waals surface area (Å²) in [4.78, 5) is 32.2. The van der Waals surface area contributed by atoms with Gasteiger partial charge < -0.3 is 14.8 Å². The number of thioether (sulfide) groups is 1. The number of para-hydroxylation sites is 1. The van der Waals surface area contributed by atoms with Crippen LogP contribution in [-0.2, 0) is 19.3 Å². The van der Waals surface area contributed by atoms with E-state index in [-0.39, 0.29) is 25.1 Å². The highest BCUT2D eigenvalue weighted by Gasteiger charge is 2.14. The maximum atomic E-state index is 11.7. The lowest BCUT2D eigenvalue weighted by Gasteiger charge is -2.11. The topological polar surface area (TPSA) is 83.1 Å². The van der Waals surface area contributed by atoms with E-state index in [1.807, 2.05) is 6.07 Å². The molecule has 1 aromatic rings. The quantitative estimate of drug-likeness (QED) is 0.281. The molecular weight excluding hydrogens is 334 g/mol. The molecule has 134 valence electrons. The van der Waals surface area contributed by atoms with Gasteiger partial charge in [-0.3, -0.25) is 4.79 Å². The molecule has 7 nitrogen and oxygen atoms in total. The second-order valence-electron chi connectivity index (χ2n) is 4.76. The average Bonchev–Trinajstić information content (AvgIpc) is 2.59. The zero-order chi connectivity index (χ0) is 17.6. The third-order valence-corrected chi connectivity index (χ3v) is 4.00. The molecule has 0 radical (unpaired) electrons. The molecule has 1 atom stereocenters. The molecule has 1 amide bonds. The molecule has 8 heteroatoms. The zero-order valence-corrected chi connectivity index (χ0v) is 14.7. The summed E-state index contributed by atoms with van der Waals surface area (Å²) in [6.45, 7) is 2.62. The fraction of sp³-hybridized carbons (Fsp3) is 0.500. The Hall–Kier alpha value is -1.77. The number of ether oxygens (including phenoxy) is 2. The van der Waals surface area contributed by atoms with Crippen molar-refractivity contribution < 1.29 is 28.8 Å². The minimum atomic E-state index is -0.493. The first-order valence-corrected chi connectivity index (χ1v) is 8.69. The van der Waals surface area contributed by atoms with E-state index < -0.39 is 6.09 Å². The summed E-state index contributed by atoms with van der Waals surface area (Å²) < 4.78 is 10.1. The van der Waals surface area contributed by atoms with Crippen molar-refractivity contribution in [3.05, 3.63) is 30.3 Å². The minimum Gasteiger partial charge on any atom is -0.463 e. The lowest BCUT2D eigenvalue weighted by Crippen LogP contribution is -2.29. The number of esters is 1. The van der Waals surface area contributed by atoms with Crippen molar-refractivity contribution >= 4 is 23.8 Å². The van der Waals surface area contributed by atoms with Crippen LogP contribution in [0.3, 0.4) is 0 Å². The van der Waals surface area contributed by atoms with Crippen molar-refractivity contribution in [2.24, 2.45) is 5.92 Å². The molecule has 0 spiro atoms. The van der Waals surface area contributed by atoms with Crippen LogP contribution in [0.4, 0.5) is 4.79 Å². The van der Waals surface area contributed by atoms with E-state index in [1.165, 1.54) is 7.11 Å². The molecule has 0 aromatic heterocycles. The van der Waals surface area contributed by atoms with Crippen LogP contribution in [0.1, 0.15) is 6.92 Å². The number of amides is 1. The Bertz CT molecular complexity index is 485. The Morgan fingerprint density at radius 1 is 1.21 bits per heavy atom. The fourth-order valence-corrected chi connectivity index (χ4v) is 2.49. The van der Waals surface area contributed by atoms with Crippen molar-refractivity contribution in [3.8, 4) is 5.75 Å². The summed E-state index contributed by atoms with van der Waals surface area (Å²) in [5, 5.41) is 2.65. The van der Waals surface area contributed by atoms with Crippen molar-refractivity contribution in [1.29, 1.82) is 0 Å². The Kier molecular flexibility index (Phi) is 10.7. The molecule has 0 heterocycles. The Balaban J connectivity index is 2.04. The first-order chi connectivity index (χ1) is 11.6. The number of carbonyl (C=O) groups excluding carboxylic acids is 2. The second-order valence-corrected chi connectivity index (χ2v) is 5.91. The van der Waals surface area contributed by atoms with Gasteiger partial charge in [0.1, 0.15) is 19.0 Å². The van der Waals surface area contributed by atoms with Crippen LogP contribution in [-0.4, -0.2) is 50.4 Å². The zero-order valence-electron chi connectivity index (χ0n) is 13.9. The summed E-state index contributed by atoms with van der Waals surface area (Å²) in [6, 6.07) is 8.84. The molecule has 1 unspecified atom stereocenters. The lowest BCUT2D eigenvalue weighted by atomic mass is 10.2. The Morgan fingerprint density at radius 2 is 1.96 bits per heavy atom. The van der Waals surface area contributed by atoms with Crippen LogP contribution >= 0.6 is 11.8 Å². The molecule has 0 aliphatic heterocycles. The number of rotatable bonds is 11. The highest BCUT2D eigenvalue weighted by molar-refractivity contribution is 7.99. The van der Waals surface area contributed by atoms with Crippen molar-refractivity contribution in [2.75, 3.05) is 38.4 Å². The second kappa shape index (κ2) is 12.6. The molecule has 0 bridgehead atoms. The molecule has 0 saturated carbocycles. The Morgan fingerprint density at radius 3 is 2.67 bits per heavy atom. The number of carbonyl (C=O) groups is 2. The molecule has 1 rings (SSSR count). The van der Waals surface area contributed by atoms with Gasteiger partial charge >= 0.3 is 12.1 Å². The minimum absolute atomic E-state index is 0.161. The maximum absolute atomic E-state index is 11.7. The first kappa shape index (κ1) is 20.3. The predicted octanol–water partition coefficient (Wildman–Crippen LogP) is 2.27. The van der Waals surface area contributed by atoms with Gasteiger partial charge in [-0.05, 0) is 12.1 Å². The highest BCUT2D eigenvalue weighted by Crippen LogP contribution is 2.10. The van der Waals surface area contributed by atoms with E-state index in [2.05, 4.69) is 15.1 Å². The molecular formula is C16H23NO6S. The van der Waals surface area contributed by atoms with Gasteiger partial charge in [-0.2, -0.15) is 11.8 Å². The molecule has 24 heavy (non-hydrogen) atoms. The van der Waals surface area contributed by atoms with Crippen molar-refractivity contribution in [2.45, 2.75) is 6.92 Å². The summed E-state index contributed by atoms with van der Waals surface area (Å²) >= 11 is 1.55. The predicted molar refractivity (Wildman–Crippen MR) is 90.9 cm³/mol. The summed E-state index contributed by atoms with van der Waals surface area (Å²) in [5.41, 5.74) is 0. The molecule has 0 fully saturated rings. The standard InChI is InChI=1S/C16H23NO6S/c1-13(15(18)21-9-10-22-20-2)12-24-11-8-17-16(19)23-14-6-4-3-5-7-14/h3-7,13H,8-12H2,1-2H3,(H,17,19). The summed E-state index contributed by atoms with van der Waals surface area (Å²) in [6.07, 6.45) is -0.493. The SMILES string of the molecule is COOCCOC(=O)C(C)CSCCNC(=O)Oc1ccccc1. The molecule has 1 N–H and O–H groups in total. The van der Waals surface area contributed by atoms with Crippen LogP contribution in [0.2, 0.25) is 0 Å². The molecule has 0 aliphatic rings. The molecule has 0 saturated heterocycles. The lowest BCUT2D eigenvalue weighted by molar-refractivity contribution is -0.276. The number of benzene rings is 1. The van der Waals surface area contributed by atoms with Crippen LogP contribution in [0, 0.1) is 5.92 Å². The third kappa shape index (κ3) is 9.39. The highest BCUT2D eigenvalue weighted by atomic mass is 32.2. The van der Waals surface area contributed by atoms with Gasteiger partial charge in [0, 0.05) is 18.1 Å². The average molecular weight is 357 g/mol. The van der Waals surface area contributed by atoms with E-state index in [4.69, 9.17) is 9.47 Å². The first-order valence-electron chi connectivity index (χ1n) is 7.54. The van der Waals surface area contributed by atoms with Gasteiger partial charge in [-0.25, -0.2) is 14.6 Å². The van der Waals surface area contributed by atoms with Gasteiger partial charge in [-0.1, -0.05) is 25.1 Å². The van der Waals surface area contributed by atoms with Crippen molar-refractivity contribution in [1.82, 2.24) is 5.32 Å².